The molecule has 2 aromatic rings. The molecule has 0 saturated carbocycles. The molecule has 0 radical (unpaired) electrons. The molecule has 2 nitrogen and oxygen atoms in total. The first kappa shape index (κ1) is 23.7. The fraction of sp³-hybridized carbons (Fsp3) is 0.480. The first-order valence-corrected chi connectivity index (χ1v) is 12.0. The molecule has 3 rings (SSSR count). The van der Waals surface area contributed by atoms with Crippen LogP contribution in [0, 0.1) is 0 Å². The fourth-order valence-corrected chi connectivity index (χ4v) is 4.80. The van der Waals surface area contributed by atoms with E-state index in [-0.39, 0.29) is 0 Å². The third kappa shape index (κ3) is 7.98. The van der Waals surface area contributed by atoms with Crippen molar-refractivity contribution in [2.45, 2.75) is 78.1 Å². The van der Waals surface area contributed by atoms with Crippen LogP contribution in [0.15, 0.2) is 41.4 Å². The Hall–Kier alpha value is -1.58. The minimum absolute atomic E-state index is 0.438. The van der Waals surface area contributed by atoms with Crippen LogP contribution in [0.25, 0.3) is 5.57 Å². The molecule has 1 aliphatic rings. The van der Waals surface area contributed by atoms with Crippen LogP contribution in [0.4, 0.5) is 0 Å². The first-order chi connectivity index (χ1) is 14.0. The molecule has 0 saturated heterocycles. The summed E-state index contributed by atoms with van der Waals surface area (Å²) in [4.78, 5) is 12.0. The maximum absolute atomic E-state index is 10.4. The smallest absolute Gasteiger partial charge is 0.345 e. The molecule has 158 valence electrons. The highest BCUT2D eigenvalue weighted by Crippen LogP contribution is 2.35. The van der Waals surface area contributed by atoms with Crippen LogP contribution in [0.5, 0.6) is 0 Å². The van der Waals surface area contributed by atoms with Gasteiger partial charge < -0.3 is 5.11 Å². The Morgan fingerprint density at radius 1 is 0.966 bits per heavy atom. The number of aromatic carboxylic acids is 1. The summed E-state index contributed by atoms with van der Waals surface area (Å²) in [6.07, 6.45) is 12.0. The number of allylic oxidation sites excluding steroid dienone is 2. The van der Waals surface area contributed by atoms with Crippen molar-refractivity contribution in [1.82, 2.24) is 0 Å². The maximum Gasteiger partial charge on any atom is 0.345 e. The van der Waals surface area contributed by atoms with Gasteiger partial charge in [0.15, 0.2) is 0 Å². The van der Waals surface area contributed by atoms with Crippen molar-refractivity contribution in [2.75, 3.05) is 0 Å². The van der Waals surface area contributed by atoms with Crippen molar-refractivity contribution >= 4 is 34.5 Å². The monoisotopic (exact) mass is 432 g/mol. The minimum atomic E-state index is -0.822. The lowest BCUT2D eigenvalue weighted by atomic mass is 10.0. The lowest BCUT2D eigenvalue weighted by Crippen LogP contribution is -1.89. The van der Waals surface area contributed by atoms with Crippen LogP contribution in [0.2, 0.25) is 0 Å². The Labute approximate surface area is 184 Å². The standard InChI is InChI=1S/C17H23Cl.C8H10O2S/c1-2-3-4-5-7-14-10-12-15(13-11-14)16-8-6-9-17(16)18;1-2-3-6-4-5-7(11-6)8(9)10/h10-13H,2-9H2,1H3;4-5H,2-3H2,1H3,(H,9,10). The van der Waals surface area contributed by atoms with Gasteiger partial charge in [0, 0.05) is 9.91 Å². The van der Waals surface area contributed by atoms with Crippen molar-refractivity contribution in [1.29, 1.82) is 0 Å². The van der Waals surface area contributed by atoms with Crippen LogP contribution in [-0.2, 0) is 12.8 Å². The molecule has 1 aromatic carbocycles. The zero-order valence-electron chi connectivity index (χ0n) is 17.7. The van der Waals surface area contributed by atoms with Gasteiger partial charge in [0.05, 0.1) is 0 Å². The summed E-state index contributed by atoms with van der Waals surface area (Å²) in [7, 11) is 0. The first-order valence-electron chi connectivity index (χ1n) is 10.8. The number of hydrogen-bond acceptors (Lipinski definition) is 2. The lowest BCUT2D eigenvalue weighted by Gasteiger charge is -2.06. The largest absolute Gasteiger partial charge is 0.477 e. The second-order valence-electron chi connectivity index (χ2n) is 7.57. The summed E-state index contributed by atoms with van der Waals surface area (Å²) >= 11 is 7.62. The third-order valence-corrected chi connectivity index (χ3v) is 6.69. The van der Waals surface area contributed by atoms with E-state index < -0.39 is 5.97 Å². The van der Waals surface area contributed by atoms with E-state index in [2.05, 4.69) is 38.1 Å². The molecule has 0 unspecified atom stereocenters. The number of thiophene rings is 1. The van der Waals surface area contributed by atoms with E-state index in [4.69, 9.17) is 16.7 Å². The summed E-state index contributed by atoms with van der Waals surface area (Å²) < 4.78 is 0. The quantitative estimate of drug-likeness (QED) is 0.404. The molecule has 4 heteroatoms. The number of aryl methyl sites for hydroxylation is 2. The van der Waals surface area contributed by atoms with E-state index in [1.165, 1.54) is 66.6 Å². The number of hydrogen-bond donors (Lipinski definition) is 1. The van der Waals surface area contributed by atoms with Gasteiger partial charge in [-0.1, -0.05) is 75.4 Å². The Morgan fingerprint density at radius 3 is 2.28 bits per heavy atom. The predicted molar refractivity (Wildman–Crippen MR) is 126 cm³/mol. The van der Waals surface area contributed by atoms with E-state index in [1.807, 2.05) is 6.07 Å². The van der Waals surface area contributed by atoms with E-state index in [0.717, 1.165) is 35.6 Å². The van der Waals surface area contributed by atoms with Gasteiger partial charge in [0.25, 0.3) is 0 Å². The van der Waals surface area contributed by atoms with Gasteiger partial charge in [-0.05, 0) is 67.4 Å². The second-order valence-corrected chi connectivity index (χ2v) is 9.19. The molecule has 29 heavy (non-hydrogen) atoms. The predicted octanol–water partition coefficient (Wildman–Crippen LogP) is 8.34. The van der Waals surface area contributed by atoms with Crippen LogP contribution < -0.4 is 0 Å². The van der Waals surface area contributed by atoms with Gasteiger partial charge in [-0.3, -0.25) is 0 Å². The maximum atomic E-state index is 10.4. The van der Waals surface area contributed by atoms with Crippen molar-refractivity contribution in [3.8, 4) is 0 Å². The molecular weight excluding hydrogens is 400 g/mol. The van der Waals surface area contributed by atoms with Crippen molar-refractivity contribution in [3.63, 3.8) is 0 Å². The molecule has 0 atom stereocenters. The number of rotatable bonds is 9. The second kappa shape index (κ2) is 12.9. The average molecular weight is 433 g/mol. The highest BCUT2D eigenvalue weighted by Gasteiger charge is 2.13. The van der Waals surface area contributed by atoms with Gasteiger partial charge in [-0.15, -0.1) is 11.3 Å². The molecule has 1 heterocycles. The number of carboxylic acids is 1. The SMILES string of the molecule is CCCCCCc1ccc(C2=C(Cl)CCC2)cc1.CCCc1ccc(C(=O)O)s1. The molecule has 0 aliphatic heterocycles. The number of benzene rings is 1. The molecule has 0 amide bonds. The number of unbranched alkanes of at least 4 members (excludes halogenated alkanes) is 3. The van der Waals surface area contributed by atoms with Crippen molar-refractivity contribution < 1.29 is 9.90 Å². The number of halogens is 1. The van der Waals surface area contributed by atoms with Gasteiger partial charge in [0.1, 0.15) is 4.88 Å². The van der Waals surface area contributed by atoms with Crippen molar-refractivity contribution in [3.05, 3.63) is 62.3 Å². The Kier molecular flexibility index (Phi) is 10.5. The normalized spacial score (nSPS) is 13.3. The summed E-state index contributed by atoms with van der Waals surface area (Å²) in [5.41, 5.74) is 4.16. The van der Waals surface area contributed by atoms with Gasteiger partial charge >= 0.3 is 5.97 Å². The van der Waals surface area contributed by atoms with Gasteiger partial charge in [-0.2, -0.15) is 0 Å². The van der Waals surface area contributed by atoms with Crippen LogP contribution in [0.1, 0.15) is 90.9 Å². The Balaban J connectivity index is 0.000000234. The van der Waals surface area contributed by atoms with E-state index in [9.17, 15) is 4.79 Å². The van der Waals surface area contributed by atoms with Crippen LogP contribution in [-0.4, -0.2) is 11.1 Å². The molecule has 1 aliphatic carbocycles. The van der Waals surface area contributed by atoms with Crippen LogP contribution >= 0.6 is 22.9 Å². The summed E-state index contributed by atoms with van der Waals surface area (Å²) in [5, 5.41) is 9.65. The Bertz CT molecular complexity index is 789. The zero-order valence-corrected chi connectivity index (χ0v) is 19.2. The summed E-state index contributed by atoms with van der Waals surface area (Å²) in [6, 6.07) is 12.6. The molecule has 1 N–H and O–H groups in total. The molecule has 0 spiro atoms. The minimum Gasteiger partial charge on any atom is -0.477 e. The fourth-order valence-electron chi connectivity index (χ4n) is 3.51. The summed E-state index contributed by atoms with van der Waals surface area (Å²) in [6.45, 7) is 4.34. The van der Waals surface area contributed by atoms with Gasteiger partial charge in [0.2, 0.25) is 0 Å². The van der Waals surface area contributed by atoms with E-state index in [0.29, 0.717) is 4.88 Å². The Morgan fingerprint density at radius 2 is 1.72 bits per heavy atom. The van der Waals surface area contributed by atoms with Crippen LogP contribution in [0.3, 0.4) is 0 Å². The molecule has 1 aromatic heterocycles. The third-order valence-electron chi connectivity index (χ3n) is 5.14. The topological polar surface area (TPSA) is 37.3 Å². The van der Waals surface area contributed by atoms with E-state index >= 15 is 0 Å². The molecule has 0 bridgehead atoms. The number of carbonyl (C=O) groups is 1. The molecular formula is C25H33ClO2S. The number of carboxylic acid groups (broad SMARTS) is 1. The zero-order chi connectivity index (χ0) is 21.1. The van der Waals surface area contributed by atoms with Gasteiger partial charge in [-0.25, -0.2) is 4.79 Å². The highest BCUT2D eigenvalue weighted by atomic mass is 35.5. The average Bonchev–Trinajstić information content (AvgIpc) is 3.36. The van der Waals surface area contributed by atoms with Crippen molar-refractivity contribution in [2.24, 2.45) is 0 Å². The molecule has 0 fully saturated rings. The lowest BCUT2D eigenvalue weighted by molar-refractivity contribution is 0.0702. The highest BCUT2D eigenvalue weighted by molar-refractivity contribution is 7.13. The summed E-state index contributed by atoms with van der Waals surface area (Å²) in [5.74, 6) is -0.822. The van der Waals surface area contributed by atoms with E-state index in [1.54, 1.807) is 6.07 Å².